The standard InChI is InChI=1S/C9H18N2O2/c1-7(12)8(13)11-5-3-9(2,10)4-6-11/h7,12H,3-6,10H2,1-2H3/t7-/m0/s1. The Morgan fingerprint density at radius 1 is 1.54 bits per heavy atom. The Labute approximate surface area is 78.7 Å². The topological polar surface area (TPSA) is 66.6 Å². The molecule has 1 heterocycles. The zero-order valence-corrected chi connectivity index (χ0v) is 8.29. The summed E-state index contributed by atoms with van der Waals surface area (Å²) in [5, 5.41) is 9.08. The summed E-state index contributed by atoms with van der Waals surface area (Å²) in [6.07, 6.45) is 0.735. The molecule has 0 unspecified atom stereocenters. The van der Waals surface area contributed by atoms with Crippen LogP contribution in [0.15, 0.2) is 0 Å². The lowest BCUT2D eigenvalue weighted by molar-refractivity contribution is -0.140. The summed E-state index contributed by atoms with van der Waals surface area (Å²) >= 11 is 0. The van der Waals surface area contributed by atoms with Gasteiger partial charge in [0.25, 0.3) is 5.91 Å². The minimum Gasteiger partial charge on any atom is -0.384 e. The van der Waals surface area contributed by atoms with Crippen molar-refractivity contribution in [2.45, 2.75) is 38.3 Å². The smallest absolute Gasteiger partial charge is 0.251 e. The molecule has 1 amide bonds. The lowest BCUT2D eigenvalue weighted by atomic mass is 9.91. The first-order chi connectivity index (χ1) is 5.92. The van der Waals surface area contributed by atoms with Gasteiger partial charge in [-0.15, -0.1) is 0 Å². The van der Waals surface area contributed by atoms with Gasteiger partial charge in [-0.05, 0) is 26.7 Å². The van der Waals surface area contributed by atoms with Gasteiger partial charge in [-0.25, -0.2) is 0 Å². The second kappa shape index (κ2) is 3.64. The van der Waals surface area contributed by atoms with Crippen molar-refractivity contribution in [3.8, 4) is 0 Å². The molecule has 0 aromatic heterocycles. The number of nitrogens with two attached hydrogens (primary N) is 1. The van der Waals surface area contributed by atoms with Crippen LogP contribution in [0.25, 0.3) is 0 Å². The van der Waals surface area contributed by atoms with Crippen LogP contribution in [0.4, 0.5) is 0 Å². The Morgan fingerprint density at radius 3 is 2.38 bits per heavy atom. The van der Waals surface area contributed by atoms with Crippen molar-refractivity contribution >= 4 is 5.91 Å². The van der Waals surface area contributed by atoms with E-state index in [0.29, 0.717) is 13.1 Å². The average molecular weight is 186 g/mol. The van der Waals surface area contributed by atoms with Crippen molar-refractivity contribution < 1.29 is 9.90 Å². The maximum Gasteiger partial charge on any atom is 0.251 e. The van der Waals surface area contributed by atoms with Crippen LogP contribution >= 0.6 is 0 Å². The van der Waals surface area contributed by atoms with E-state index in [9.17, 15) is 4.79 Å². The van der Waals surface area contributed by atoms with E-state index >= 15 is 0 Å². The maximum absolute atomic E-state index is 11.3. The van der Waals surface area contributed by atoms with Gasteiger partial charge in [-0.1, -0.05) is 0 Å². The molecule has 1 saturated heterocycles. The number of hydrogen-bond donors (Lipinski definition) is 2. The molecule has 3 N–H and O–H groups in total. The van der Waals surface area contributed by atoms with Gasteiger partial charge >= 0.3 is 0 Å². The largest absolute Gasteiger partial charge is 0.384 e. The molecular formula is C9H18N2O2. The van der Waals surface area contributed by atoms with Crippen LogP contribution in [-0.4, -0.2) is 40.6 Å². The van der Waals surface area contributed by atoms with Crippen molar-refractivity contribution in [2.24, 2.45) is 5.73 Å². The van der Waals surface area contributed by atoms with Gasteiger partial charge in [0.2, 0.25) is 0 Å². The highest BCUT2D eigenvalue weighted by Crippen LogP contribution is 2.18. The van der Waals surface area contributed by atoms with E-state index < -0.39 is 6.10 Å². The SMILES string of the molecule is C[C@H](O)C(=O)N1CCC(C)(N)CC1. The van der Waals surface area contributed by atoms with Crippen molar-refractivity contribution in [1.82, 2.24) is 4.90 Å². The summed E-state index contributed by atoms with van der Waals surface area (Å²) in [6, 6.07) is 0. The number of piperidine rings is 1. The van der Waals surface area contributed by atoms with E-state index in [1.807, 2.05) is 6.92 Å². The number of aliphatic hydroxyl groups excluding tert-OH is 1. The van der Waals surface area contributed by atoms with Gasteiger partial charge in [0, 0.05) is 18.6 Å². The number of rotatable bonds is 1. The highest BCUT2D eigenvalue weighted by Gasteiger charge is 2.29. The fraction of sp³-hybridized carbons (Fsp3) is 0.889. The third-order valence-electron chi connectivity index (χ3n) is 2.57. The van der Waals surface area contributed by atoms with Crippen LogP contribution in [-0.2, 0) is 4.79 Å². The summed E-state index contributed by atoms with van der Waals surface area (Å²) in [4.78, 5) is 13.0. The highest BCUT2D eigenvalue weighted by atomic mass is 16.3. The van der Waals surface area contributed by atoms with Crippen molar-refractivity contribution in [2.75, 3.05) is 13.1 Å². The number of carbonyl (C=O) groups excluding carboxylic acids is 1. The predicted octanol–water partition coefficient (Wildman–Crippen LogP) is -0.293. The van der Waals surface area contributed by atoms with Crippen LogP contribution in [0.5, 0.6) is 0 Å². The molecule has 0 aliphatic carbocycles. The minimum absolute atomic E-state index is 0.143. The molecule has 0 bridgehead atoms. The Hall–Kier alpha value is -0.610. The van der Waals surface area contributed by atoms with E-state index in [-0.39, 0.29) is 11.4 Å². The van der Waals surface area contributed by atoms with E-state index in [2.05, 4.69) is 0 Å². The quantitative estimate of drug-likeness (QED) is 0.591. The third kappa shape index (κ3) is 2.67. The molecule has 1 rings (SSSR count). The van der Waals surface area contributed by atoms with Crippen molar-refractivity contribution in [3.63, 3.8) is 0 Å². The van der Waals surface area contributed by atoms with Crippen LogP contribution in [0, 0.1) is 0 Å². The number of carbonyl (C=O) groups is 1. The Bertz CT molecular complexity index is 192. The number of aliphatic hydroxyl groups is 1. The summed E-state index contributed by atoms with van der Waals surface area (Å²) in [5.74, 6) is -0.185. The Balaban J connectivity index is 2.46. The molecule has 4 heteroatoms. The van der Waals surface area contributed by atoms with E-state index in [0.717, 1.165) is 12.8 Å². The van der Waals surface area contributed by atoms with Gasteiger partial charge in [0.1, 0.15) is 6.10 Å². The van der Waals surface area contributed by atoms with E-state index in [4.69, 9.17) is 10.8 Å². The lowest BCUT2D eigenvalue weighted by Crippen LogP contribution is -2.51. The van der Waals surface area contributed by atoms with Crippen molar-refractivity contribution in [3.05, 3.63) is 0 Å². The molecule has 0 saturated carbocycles. The van der Waals surface area contributed by atoms with Crippen LogP contribution in [0.3, 0.4) is 0 Å². The fourth-order valence-corrected chi connectivity index (χ4v) is 1.50. The summed E-state index contributed by atoms with van der Waals surface area (Å²) in [7, 11) is 0. The van der Waals surface area contributed by atoms with Crippen LogP contribution in [0.2, 0.25) is 0 Å². The number of likely N-dealkylation sites (tertiary alicyclic amines) is 1. The highest BCUT2D eigenvalue weighted by molar-refractivity contribution is 5.80. The zero-order chi connectivity index (χ0) is 10.1. The number of hydrogen-bond acceptors (Lipinski definition) is 3. The maximum atomic E-state index is 11.3. The van der Waals surface area contributed by atoms with Gasteiger partial charge < -0.3 is 15.7 Å². The van der Waals surface area contributed by atoms with Gasteiger partial charge in [-0.3, -0.25) is 4.79 Å². The predicted molar refractivity (Wildman–Crippen MR) is 50.1 cm³/mol. The molecule has 0 radical (unpaired) electrons. The molecule has 13 heavy (non-hydrogen) atoms. The third-order valence-corrected chi connectivity index (χ3v) is 2.57. The average Bonchev–Trinajstić information content (AvgIpc) is 2.03. The van der Waals surface area contributed by atoms with Gasteiger partial charge in [0.15, 0.2) is 0 Å². The normalized spacial score (nSPS) is 24.2. The molecule has 0 aromatic carbocycles. The van der Waals surface area contributed by atoms with Crippen LogP contribution < -0.4 is 5.73 Å². The first kappa shape index (κ1) is 10.5. The molecule has 1 fully saturated rings. The van der Waals surface area contributed by atoms with Gasteiger partial charge in [-0.2, -0.15) is 0 Å². The molecule has 76 valence electrons. The second-order valence-electron chi connectivity index (χ2n) is 4.16. The van der Waals surface area contributed by atoms with Crippen LogP contribution in [0.1, 0.15) is 26.7 Å². The first-order valence-corrected chi connectivity index (χ1v) is 4.68. The van der Waals surface area contributed by atoms with E-state index in [1.54, 1.807) is 4.90 Å². The molecular weight excluding hydrogens is 168 g/mol. The Kier molecular flexibility index (Phi) is 2.93. The number of nitrogens with zero attached hydrogens (tertiary/aromatic N) is 1. The number of amides is 1. The minimum atomic E-state index is -0.887. The summed E-state index contributed by atoms with van der Waals surface area (Å²) in [6.45, 7) is 4.82. The molecule has 4 nitrogen and oxygen atoms in total. The van der Waals surface area contributed by atoms with Gasteiger partial charge in [0.05, 0.1) is 0 Å². The van der Waals surface area contributed by atoms with Crippen molar-refractivity contribution in [1.29, 1.82) is 0 Å². The lowest BCUT2D eigenvalue weighted by Gasteiger charge is -2.37. The molecule has 1 atom stereocenters. The van der Waals surface area contributed by atoms with E-state index in [1.165, 1.54) is 6.92 Å². The Morgan fingerprint density at radius 2 is 2.00 bits per heavy atom. The summed E-state index contributed by atoms with van der Waals surface area (Å²) < 4.78 is 0. The molecule has 0 aromatic rings. The molecule has 1 aliphatic rings. The second-order valence-corrected chi connectivity index (χ2v) is 4.16. The molecule has 1 aliphatic heterocycles. The summed E-state index contributed by atoms with van der Waals surface area (Å²) in [5.41, 5.74) is 5.77. The first-order valence-electron chi connectivity index (χ1n) is 4.68. The zero-order valence-electron chi connectivity index (χ0n) is 8.29. The fourth-order valence-electron chi connectivity index (χ4n) is 1.50. The monoisotopic (exact) mass is 186 g/mol. The molecule has 0 spiro atoms.